The van der Waals surface area contributed by atoms with E-state index in [2.05, 4.69) is 30.6 Å². The van der Waals surface area contributed by atoms with Gasteiger partial charge in [-0.2, -0.15) is 0 Å². The average Bonchev–Trinajstić information content (AvgIpc) is 2.59. The molecule has 3 nitrogen and oxygen atoms in total. The first-order valence-electron chi connectivity index (χ1n) is 6.30. The highest BCUT2D eigenvalue weighted by Gasteiger charge is 2.36. The number of nitrogens with zero attached hydrogens (tertiary/aromatic N) is 2. The lowest BCUT2D eigenvalue weighted by molar-refractivity contribution is -0.0661. The van der Waals surface area contributed by atoms with Gasteiger partial charge >= 0.3 is 0 Å². The van der Waals surface area contributed by atoms with Gasteiger partial charge in [-0.15, -0.1) is 0 Å². The van der Waals surface area contributed by atoms with E-state index in [1.54, 1.807) is 0 Å². The normalized spacial score (nSPS) is 30.0. The van der Waals surface area contributed by atoms with E-state index < -0.39 is 0 Å². The van der Waals surface area contributed by atoms with Gasteiger partial charge < -0.3 is 4.74 Å². The topological polar surface area (TPSA) is 15.7 Å². The Morgan fingerprint density at radius 1 is 1.27 bits per heavy atom. The van der Waals surface area contributed by atoms with Gasteiger partial charge in [-0.1, -0.05) is 0 Å². The fraction of sp³-hybridized carbons (Fsp3) is 1.00. The summed E-state index contributed by atoms with van der Waals surface area (Å²) in [7, 11) is 0. The lowest BCUT2D eigenvalue weighted by Crippen LogP contribution is -2.57. The number of hydrogen-bond donors (Lipinski definition) is 0. The zero-order valence-corrected chi connectivity index (χ0v) is 10.3. The minimum Gasteiger partial charge on any atom is -0.376 e. The molecule has 0 aliphatic carbocycles. The molecule has 15 heavy (non-hydrogen) atoms. The molecule has 2 aliphatic heterocycles. The largest absolute Gasteiger partial charge is 0.376 e. The van der Waals surface area contributed by atoms with Crippen LogP contribution in [0.4, 0.5) is 0 Å². The van der Waals surface area contributed by atoms with Crippen LogP contribution in [-0.2, 0) is 4.74 Å². The molecule has 0 unspecified atom stereocenters. The van der Waals surface area contributed by atoms with Crippen molar-refractivity contribution in [3.63, 3.8) is 0 Å². The Hall–Kier alpha value is -0.120. The van der Waals surface area contributed by atoms with Gasteiger partial charge in [0.1, 0.15) is 0 Å². The predicted octanol–water partition coefficient (Wildman–Crippen LogP) is 1.19. The summed E-state index contributed by atoms with van der Waals surface area (Å²) in [6.45, 7) is 12.4. The monoisotopic (exact) mass is 212 g/mol. The van der Waals surface area contributed by atoms with Crippen molar-refractivity contribution in [3.05, 3.63) is 0 Å². The minimum atomic E-state index is 0.517. The van der Waals surface area contributed by atoms with E-state index in [4.69, 9.17) is 4.74 Å². The fourth-order valence-electron chi connectivity index (χ4n) is 2.64. The van der Waals surface area contributed by atoms with Crippen molar-refractivity contribution in [2.45, 2.75) is 45.4 Å². The Kier molecular flexibility index (Phi) is 3.65. The van der Waals surface area contributed by atoms with Crippen LogP contribution in [0.25, 0.3) is 0 Å². The van der Waals surface area contributed by atoms with Crippen molar-refractivity contribution < 1.29 is 4.74 Å². The average molecular weight is 212 g/mol. The molecule has 0 aromatic heterocycles. The molecule has 2 fully saturated rings. The predicted molar refractivity (Wildman–Crippen MR) is 62.1 cm³/mol. The van der Waals surface area contributed by atoms with Crippen LogP contribution in [0.15, 0.2) is 0 Å². The van der Waals surface area contributed by atoms with Crippen molar-refractivity contribution in [2.24, 2.45) is 0 Å². The van der Waals surface area contributed by atoms with Crippen molar-refractivity contribution in [3.8, 4) is 0 Å². The van der Waals surface area contributed by atoms with Gasteiger partial charge in [0.05, 0.1) is 6.10 Å². The number of hydrogen-bond acceptors (Lipinski definition) is 3. The van der Waals surface area contributed by atoms with Crippen LogP contribution in [0, 0.1) is 0 Å². The summed E-state index contributed by atoms with van der Waals surface area (Å²) in [5, 5.41) is 0. The van der Waals surface area contributed by atoms with Crippen LogP contribution >= 0.6 is 0 Å². The Bertz CT molecular complexity index is 202. The second-order valence-corrected chi connectivity index (χ2v) is 5.06. The second kappa shape index (κ2) is 4.81. The Labute approximate surface area is 93.4 Å². The summed E-state index contributed by atoms with van der Waals surface area (Å²) < 4.78 is 5.59. The molecule has 0 aromatic rings. The van der Waals surface area contributed by atoms with Crippen LogP contribution < -0.4 is 0 Å². The van der Waals surface area contributed by atoms with E-state index in [1.165, 1.54) is 19.5 Å². The summed E-state index contributed by atoms with van der Waals surface area (Å²) >= 11 is 0. The van der Waals surface area contributed by atoms with Crippen LogP contribution in [0.5, 0.6) is 0 Å². The van der Waals surface area contributed by atoms with Crippen molar-refractivity contribution >= 4 is 0 Å². The van der Waals surface area contributed by atoms with Gasteiger partial charge in [0.2, 0.25) is 0 Å². The van der Waals surface area contributed by atoms with E-state index >= 15 is 0 Å². The number of rotatable bonds is 4. The van der Waals surface area contributed by atoms with E-state index in [9.17, 15) is 0 Å². The molecule has 0 radical (unpaired) electrons. The maximum absolute atomic E-state index is 5.59. The molecule has 0 saturated carbocycles. The molecule has 3 heteroatoms. The molecule has 0 aromatic carbocycles. The summed E-state index contributed by atoms with van der Waals surface area (Å²) in [6.07, 6.45) is 1.86. The molecule has 0 bridgehead atoms. The van der Waals surface area contributed by atoms with E-state index in [0.717, 1.165) is 25.7 Å². The highest BCUT2D eigenvalue weighted by molar-refractivity contribution is 4.92. The van der Waals surface area contributed by atoms with Crippen molar-refractivity contribution in [1.82, 2.24) is 9.80 Å². The fourth-order valence-corrected chi connectivity index (χ4v) is 2.64. The lowest BCUT2D eigenvalue weighted by atomic mass is 10.1. The standard InChI is InChI=1S/C12H24N2O/c1-4-15-12-8-14(9-12)11-5-6-13(7-11)10(2)3/h10-12H,4-9H2,1-3H3/t11-/m0/s1. The first kappa shape index (κ1) is 11.4. The summed E-state index contributed by atoms with van der Waals surface area (Å²) in [5.74, 6) is 0. The first-order chi connectivity index (χ1) is 7.20. The molecule has 2 saturated heterocycles. The first-order valence-corrected chi connectivity index (χ1v) is 6.30. The molecule has 1 atom stereocenters. The molecule has 88 valence electrons. The van der Waals surface area contributed by atoms with E-state index in [0.29, 0.717) is 12.1 Å². The van der Waals surface area contributed by atoms with E-state index in [1.807, 2.05) is 0 Å². The SMILES string of the molecule is CCOC1CN([C@H]2CCN(C(C)C)C2)C1. The molecule has 0 N–H and O–H groups in total. The number of ether oxygens (including phenoxy) is 1. The highest BCUT2D eigenvalue weighted by Crippen LogP contribution is 2.23. The minimum absolute atomic E-state index is 0.517. The molecule has 2 heterocycles. The zero-order valence-electron chi connectivity index (χ0n) is 10.3. The third kappa shape index (κ3) is 2.52. The Balaban J connectivity index is 1.70. The van der Waals surface area contributed by atoms with Gasteiger partial charge in [-0.25, -0.2) is 0 Å². The molecular formula is C12H24N2O. The lowest BCUT2D eigenvalue weighted by Gasteiger charge is -2.42. The third-order valence-corrected chi connectivity index (χ3v) is 3.72. The van der Waals surface area contributed by atoms with Gasteiger partial charge in [0.25, 0.3) is 0 Å². The van der Waals surface area contributed by atoms with Crippen LogP contribution in [0.2, 0.25) is 0 Å². The maximum atomic E-state index is 5.59. The van der Waals surface area contributed by atoms with Gasteiger partial charge in [-0.05, 0) is 27.2 Å². The molecule has 2 aliphatic rings. The molecule has 2 rings (SSSR count). The Morgan fingerprint density at radius 3 is 2.53 bits per heavy atom. The van der Waals surface area contributed by atoms with Crippen LogP contribution in [0.3, 0.4) is 0 Å². The second-order valence-electron chi connectivity index (χ2n) is 5.06. The van der Waals surface area contributed by atoms with Crippen molar-refractivity contribution in [1.29, 1.82) is 0 Å². The maximum Gasteiger partial charge on any atom is 0.0828 e. The van der Waals surface area contributed by atoms with Gasteiger partial charge in [-0.3, -0.25) is 9.80 Å². The molecule has 0 spiro atoms. The Morgan fingerprint density at radius 2 is 2.00 bits per heavy atom. The molecular weight excluding hydrogens is 188 g/mol. The zero-order chi connectivity index (χ0) is 10.8. The van der Waals surface area contributed by atoms with Gasteiger partial charge in [0.15, 0.2) is 0 Å². The highest BCUT2D eigenvalue weighted by atomic mass is 16.5. The van der Waals surface area contributed by atoms with Crippen LogP contribution in [-0.4, -0.2) is 60.8 Å². The summed E-state index contributed by atoms with van der Waals surface area (Å²) in [6, 6.07) is 1.50. The third-order valence-electron chi connectivity index (χ3n) is 3.72. The quantitative estimate of drug-likeness (QED) is 0.696. The van der Waals surface area contributed by atoms with Crippen LogP contribution in [0.1, 0.15) is 27.2 Å². The summed E-state index contributed by atoms with van der Waals surface area (Å²) in [4.78, 5) is 5.17. The number of likely N-dealkylation sites (tertiary alicyclic amines) is 2. The summed E-state index contributed by atoms with van der Waals surface area (Å²) in [5.41, 5.74) is 0. The smallest absolute Gasteiger partial charge is 0.0828 e. The van der Waals surface area contributed by atoms with Crippen molar-refractivity contribution in [2.75, 3.05) is 32.8 Å². The van der Waals surface area contributed by atoms with Gasteiger partial charge in [0, 0.05) is 44.9 Å². The molecule has 0 amide bonds. The van der Waals surface area contributed by atoms with E-state index in [-0.39, 0.29) is 0 Å².